The molecule has 15 heavy (non-hydrogen) atoms. The van der Waals surface area contributed by atoms with Crippen LogP contribution in [0.3, 0.4) is 0 Å². The number of aliphatic hydroxyl groups is 1. The fraction of sp³-hybridized carbons (Fsp3) is 0.455. The summed E-state index contributed by atoms with van der Waals surface area (Å²) in [5.74, 6) is 0.771. The molecule has 0 aliphatic carbocycles. The average Bonchev–Trinajstić information content (AvgIpc) is 2.19. The van der Waals surface area contributed by atoms with Crippen LogP contribution in [0.4, 0.5) is 0 Å². The van der Waals surface area contributed by atoms with Crippen LogP contribution >= 0.6 is 11.6 Å². The van der Waals surface area contributed by atoms with Gasteiger partial charge in [0, 0.05) is 10.6 Å². The summed E-state index contributed by atoms with van der Waals surface area (Å²) < 4.78 is 5.31. The van der Waals surface area contributed by atoms with E-state index in [1.165, 1.54) is 0 Å². The number of methoxy groups -OCH3 is 1. The first-order valence-corrected chi connectivity index (χ1v) is 5.14. The lowest BCUT2D eigenvalue weighted by molar-refractivity contribution is 0.247. The van der Waals surface area contributed by atoms with Gasteiger partial charge in [-0.05, 0) is 31.7 Å². The highest BCUT2D eigenvalue weighted by molar-refractivity contribution is 6.30. The van der Waals surface area contributed by atoms with Crippen LogP contribution in [0.2, 0.25) is 5.02 Å². The summed E-state index contributed by atoms with van der Waals surface area (Å²) in [5, 5.41) is 12.9. The van der Waals surface area contributed by atoms with Gasteiger partial charge in [-0.2, -0.15) is 0 Å². The van der Waals surface area contributed by atoms with Gasteiger partial charge in [0.05, 0.1) is 19.8 Å². The smallest absolute Gasteiger partial charge is 0.126 e. The van der Waals surface area contributed by atoms with E-state index in [9.17, 15) is 5.11 Å². The third-order valence-electron chi connectivity index (χ3n) is 2.38. The van der Waals surface area contributed by atoms with Gasteiger partial charge in [-0.3, -0.25) is 0 Å². The summed E-state index contributed by atoms with van der Waals surface area (Å²) in [6.07, 6.45) is 0. The van der Waals surface area contributed by atoms with Gasteiger partial charge >= 0.3 is 0 Å². The highest BCUT2D eigenvalue weighted by Crippen LogP contribution is 2.31. The Morgan fingerprint density at radius 2 is 2.20 bits per heavy atom. The third-order valence-corrected chi connectivity index (χ3v) is 2.60. The fourth-order valence-corrected chi connectivity index (χ4v) is 1.92. The van der Waals surface area contributed by atoms with Crippen molar-refractivity contribution in [3.05, 3.63) is 28.3 Å². The summed E-state index contributed by atoms with van der Waals surface area (Å²) in [6, 6.07) is 3.50. The number of hydrogen-bond acceptors (Lipinski definition) is 3. The molecule has 1 atom stereocenters. The predicted octanol–water partition coefficient (Wildman–Crippen LogP) is 1.91. The Balaban J connectivity index is 3.24. The summed E-state index contributed by atoms with van der Waals surface area (Å²) in [7, 11) is 3.40. The Morgan fingerprint density at radius 3 is 2.67 bits per heavy atom. The van der Waals surface area contributed by atoms with Gasteiger partial charge in [-0.15, -0.1) is 0 Å². The number of aryl methyl sites for hydroxylation is 1. The lowest BCUT2D eigenvalue weighted by atomic mass is 10.0. The highest BCUT2D eigenvalue weighted by Gasteiger charge is 2.16. The molecule has 84 valence electrons. The summed E-state index contributed by atoms with van der Waals surface area (Å²) in [4.78, 5) is 0. The molecule has 0 radical (unpaired) electrons. The van der Waals surface area contributed by atoms with Gasteiger partial charge in [-0.1, -0.05) is 11.6 Å². The lowest BCUT2D eigenvalue weighted by Crippen LogP contribution is -2.20. The minimum absolute atomic E-state index is 0.00659. The Morgan fingerprint density at radius 1 is 1.53 bits per heavy atom. The Bertz CT molecular complexity index is 338. The molecule has 0 aliphatic rings. The van der Waals surface area contributed by atoms with E-state index < -0.39 is 0 Å². The minimum Gasteiger partial charge on any atom is -0.496 e. The Kier molecular flexibility index (Phi) is 4.39. The van der Waals surface area contributed by atoms with Crippen LogP contribution in [0, 0.1) is 6.92 Å². The molecule has 1 aromatic carbocycles. The molecule has 0 saturated heterocycles. The lowest BCUT2D eigenvalue weighted by Gasteiger charge is -2.19. The van der Waals surface area contributed by atoms with Crippen LogP contribution in [0.25, 0.3) is 0 Å². The third kappa shape index (κ3) is 2.62. The van der Waals surface area contributed by atoms with Crippen molar-refractivity contribution in [3.63, 3.8) is 0 Å². The molecule has 1 aromatic rings. The zero-order valence-electron chi connectivity index (χ0n) is 9.17. The number of likely N-dealkylation sites (N-methyl/N-ethyl adjacent to an activating group) is 1. The zero-order valence-corrected chi connectivity index (χ0v) is 9.93. The largest absolute Gasteiger partial charge is 0.496 e. The van der Waals surface area contributed by atoms with Crippen LogP contribution in [0.15, 0.2) is 12.1 Å². The first-order chi connectivity index (χ1) is 7.13. The second-order valence-electron chi connectivity index (χ2n) is 3.37. The van der Waals surface area contributed by atoms with E-state index in [4.69, 9.17) is 16.3 Å². The van der Waals surface area contributed by atoms with Crippen LogP contribution in [0.1, 0.15) is 17.2 Å². The van der Waals surface area contributed by atoms with E-state index in [-0.39, 0.29) is 12.6 Å². The van der Waals surface area contributed by atoms with Crippen molar-refractivity contribution < 1.29 is 9.84 Å². The summed E-state index contributed by atoms with van der Waals surface area (Å²) >= 11 is 5.97. The molecule has 0 fully saturated rings. The minimum atomic E-state index is -0.155. The molecular weight excluding hydrogens is 214 g/mol. The topological polar surface area (TPSA) is 41.5 Å². The molecule has 4 heteroatoms. The first kappa shape index (κ1) is 12.3. The highest BCUT2D eigenvalue weighted by atomic mass is 35.5. The number of hydrogen-bond donors (Lipinski definition) is 2. The molecule has 1 unspecified atom stereocenters. The maximum absolute atomic E-state index is 9.22. The molecule has 2 N–H and O–H groups in total. The van der Waals surface area contributed by atoms with Crippen LogP contribution < -0.4 is 10.1 Å². The maximum Gasteiger partial charge on any atom is 0.126 e. The normalized spacial score (nSPS) is 12.6. The number of rotatable bonds is 4. The molecule has 0 heterocycles. The predicted molar refractivity (Wildman–Crippen MR) is 61.6 cm³/mol. The average molecular weight is 230 g/mol. The summed E-state index contributed by atoms with van der Waals surface area (Å²) in [5.41, 5.74) is 1.85. The molecule has 1 rings (SSSR count). The van der Waals surface area contributed by atoms with Crippen molar-refractivity contribution in [1.29, 1.82) is 0 Å². The molecule has 0 aliphatic heterocycles. The second kappa shape index (κ2) is 5.35. The van der Waals surface area contributed by atoms with Gasteiger partial charge in [0.25, 0.3) is 0 Å². The Hall–Kier alpha value is -0.770. The monoisotopic (exact) mass is 229 g/mol. The molecule has 0 spiro atoms. The van der Waals surface area contributed by atoms with Crippen LogP contribution in [-0.2, 0) is 0 Å². The van der Waals surface area contributed by atoms with Crippen molar-refractivity contribution in [2.75, 3.05) is 20.8 Å². The van der Waals surface area contributed by atoms with E-state index in [1.54, 1.807) is 14.2 Å². The molecule has 0 bridgehead atoms. The standard InChI is InChI=1S/C11H16ClNO2/c1-7-4-8(12)5-9(11(7)15-3)10(6-14)13-2/h4-5,10,13-14H,6H2,1-3H3. The molecule has 3 nitrogen and oxygen atoms in total. The van der Waals surface area contributed by atoms with Crippen molar-refractivity contribution in [2.24, 2.45) is 0 Å². The van der Waals surface area contributed by atoms with Gasteiger partial charge in [0.15, 0.2) is 0 Å². The number of benzene rings is 1. The first-order valence-electron chi connectivity index (χ1n) is 4.76. The van der Waals surface area contributed by atoms with E-state index in [1.807, 2.05) is 19.1 Å². The van der Waals surface area contributed by atoms with Crippen molar-refractivity contribution in [3.8, 4) is 5.75 Å². The van der Waals surface area contributed by atoms with Crippen LogP contribution in [-0.4, -0.2) is 25.9 Å². The van der Waals surface area contributed by atoms with E-state index in [0.717, 1.165) is 16.9 Å². The van der Waals surface area contributed by atoms with Gasteiger partial charge in [0.1, 0.15) is 5.75 Å². The van der Waals surface area contributed by atoms with E-state index in [2.05, 4.69) is 5.32 Å². The molecule has 0 amide bonds. The van der Waals surface area contributed by atoms with Crippen molar-refractivity contribution in [2.45, 2.75) is 13.0 Å². The fourth-order valence-electron chi connectivity index (χ4n) is 1.64. The SMILES string of the molecule is CNC(CO)c1cc(Cl)cc(C)c1OC. The maximum atomic E-state index is 9.22. The number of ether oxygens (including phenoxy) is 1. The Labute approximate surface area is 95.0 Å². The van der Waals surface area contributed by atoms with Crippen LogP contribution in [0.5, 0.6) is 5.75 Å². The van der Waals surface area contributed by atoms with Gasteiger partial charge in [0.2, 0.25) is 0 Å². The van der Waals surface area contributed by atoms with Crippen molar-refractivity contribution >= 4 is 11.6 Å². The van der Waals surface area contributed by atoms with Crippen molar-refractivity contribution in [1.82, 2.24) is 5.32 Å². The van der Waals surface area contributed by atoms with Gasteiger partial charge < -0.3 is 15.2 Å². The zero-order chi connectivity index (χ0) is 11.4. The van der Waals surface area contributed by atoms with E-state index in [0.29, 0.717) is 5.02 Å². The molecular formula is C11H16ClNO2. The van der Waals surface area contributed by atoms with Gasteiger partial charge in [-0.25, -0.2) is 0 Å². The quantitative estimate of drug-likeness (QED) is 0.829. The summed E-state index contributed by atoms with van der Waals surface area (Å²) in [6.45, 7) is 1.94. The molecule has 0 saturated carbocycles. The molecule has 0 aromatic heterocycles. The number of halogens is 1. The van der Waals surface area contributed by atoms with E-state index >= 15 is 0 Å². The second-order valence-corrected chi connectivity index (χ2v) is 3.81. The number of nitrogens with one attached hydrogen (secondary N) is 1. The number of aliphatic hydroxyl groups excluding tert-OH is 1.